The minimum atomic E-state index is 0.382. The van der Waals surface area contributed by atoms with Gasteiger partial charge in [-0.1, -0.05) is 13.3 Å². The fourth-order valence-electron chi connectivity index (χ4n) is 5.58. The highest BCUT2D eigenvalue weighted by atomic mass is 16.3. The smallest absolute Gasteiger partial charge is 0.116 e. The molecule has 1 aromatic carbocycles. The lowest BCUT2D eigenvalue weighted by Gasteiger charge is -2.31. The Kier molecular flexibility index (Phi) is 2.33. The zero-order valence-electron chi connectivity index (χ0n) is 12.5. The number of phenolic OH excluding ortho intramolecular Hbond substituents is 1. The number of fused-ring (bicyclic) bond motifs is 5. The number of aromatic nitrogens is 1. The number of aromatic amines is 1. The van der Waals surface area contributed by atoms with E-state index in [-0.39, 0.29) is 0 Å². The first-order chi connectivity index (χ1) is 10.3. The van der Waals surface area contributed by atoms with Crippen molar-refractivity contribution in [1.29, 1.82) is 0 Å². The van der Waals surface area contributed by atoms with E-state index in [1.165, 1.54) is 48.1 Å². The van der Waals surface area contributed by atoms with E-state index in [9.17, 15) is 5.11 Å². The number of rotatable bonds is 1. The molecule has 2 N–H and O–H groups in total. The zero-order chi connectivity index (χ0) is 14.1. The van der Waals surface area contributed by atoms with Crippen molar-refractivity contribution in [2.45, 2.75) is 38.1 Å². The molecule has 1 aromatic heterocycles. The molecule has 21 heavy (non-hydrogen) atoms. The Morgan fingerprint density at radius 1 is 1.38 bits per heavy atom. The number of hydrogen-bond donors (Lipinski definition) is 2. The zero-order valence-corrected chi connectivity index (χ0v) is 12.5. The average Bonchev–Trinajstić information content (AvgIpc) is 3.10. The van der Waals surface area contributed by atoms with Crippen LogP contribution < -0.4 is 0 Å². The van der Waals surface area contributed by atoms with Crippen LogP contribution in [0.3, 0.4) is 0 Å². The van der Waals surface area contributed by atoms with Crippen LogP contribution in [0.1, 0.15) is 36.9 Å². The first kappa shape index (κ1) is 12.1. The van der Waals surface area contributed by atoms with Gasteiger partial charge in [-0.05, 0) is 48.4 Å². The molecule has 2 fully saturated rings. The van der Waals surface area contributed by atoms with Crippen LogP contribution >= 0.6 is 0 Å². The summed E-state index contributed by atoms with van der Waals surface area (Å²) in [4.78, 5) is 6.45. The molecule has 4 atom stereocenters. The second-order valence-electron chi connectivity index (χ2n) is 7.16. The fraction of sp³-hybridized carbons (Fsp3) is 0.556. The van der Waals surface area contributed by atoms with E-state index in [4.69, 9.17) is 0 Å². The van der Waals surface area contributed by atoms with Crippen LogP contribution in [0, 0.1) is 11.8 Å². The summed E-state index contributed by atoms with van der Waals surface area (Å²) in [5.74, 6) is 2.85. The molecule has 0 spiro atoms. The van der Waals surface area contributed by atoms with Crippen molar-refractivity contribution in [3.8, 4) is 5.75 Å². The number of H-pyrrole nitrogens is 1. The van der Waals surface area contributed by atoms with E-state index in [1.807, 2.05) is 12.1 Å². The molecule has 1 saturated carbocycles. The lowest BCUT2D eigenvalue weighted by molar-refractivity contribution is 0.193. The van der Waals surface area contributed by atoms with E-state index >= 15 is 0 Å². The van der Waals surface area contributed by atoms with Crippen molar-refractivity contribution in [2.75, 3.05) is 13.1 Å². The number of piperidine rings is 1. The molecule has 110 valence electrons. The maximum Gasteiger partial charge on any atom is 0.116 e. The van der Waals surface area contributed by atoms with Crippen LogP contribution in [0.25, 0.3) is 10.9 Å². The molecule has 1 aliphatic carbocycles. The summed E-state index contributed by atoms with van der Waals surface area (Å²) in [7, 11) is 0. The molecule has 3 nitrogen and oxygen atoms in total. The van der Waals surface area contributed by atoms with Gasteiger partial charge in [0, 0.05) is 41.6 Å². The van der Waals surface area contributed by atoms with Crippen molar-refractivity contribution in [3.63, 3.8) is 0 Å². The maximum absolute atomic E-state index is 9.82. The molecule has 3 heterocycles. The summed E-state index contributed by atoms with van der Waals surface area (Å²) >= 11 is 0. The van der Waals surface area contributed by atoms with E-state index in [1.54, 1.807) is 6.07 Å². The molecular formula is C18H22N2O. The Morgan fingerprint density at radius 3 is 3.10 bits per heavy atom. The summed E-state index contributed by atoms with van der Waals surface area (Å²) in [6.07, 6.45) is 3.79. The number of aromatic hydroxyl groups is 1. The largest absolute Gasteiger partial charge is 0.508 e. The van der Waals surface area contributed by atoms with E-state index in [0.29, 0.717) is 11.7 Å². The van der Waals surface area contributed by atoms with Gasteiger partial charge in [0.2, 0.25) is 0 Å². The van der Waals surface area contributed by atoms with Crippen LogP contribution in [0.2, 0.25) is 0 Å². The lowest BCUT2D eigenvalue weighted by Crippen LogP contribution is -2.37. The van der Waals surface area contributed by atoms with E-state index in [0.717, 1.165) is 24.3 Å². The molecule has 1 saturated heterocycles. The van der Waals surface area contributed by atoms with E-state index in [2.05, 4.69) is 16.8 Å². The number of phenols is 1. The second kappa shape index (κ2) is 4.04. The molecule has 1 unspecified atom stereocenters. The number of nitrogens with zero attached hydrogens (tertiary/aromatic N) is 1. The monoisotopic (exact) mass is 282 g/mol. The van der Waals surface area contributed by atoms with Crippen molar-refractivity contribution in [2.24, 2.45) is 11.8 Å². The molecule has 0 radical (unpaired) electrons. The first-order valence-electron chi connectivity index (χ1n) is 8.33. The van der Waals surface area contributed by atoms with Gasteiger partial charge < -0.3 is 10.1 Å². The molecule has 5 rings (SSSR count). The number of benzene rings is 1. The lowest BCUT2D eigenvalue weighted by atomic mass is 9.92. The maximum atomic E-state index is 9.82. The van der Waals surface area contributed by atoms with Gasteiger partial charge in [0.05, 0.1) is 0 Å². The summed E-state index contributed by atoms with van der Waals surface area (Å²) in [6.45, 7) is 4.86. The Labute approximate surface area is 125 Å². The van der Waals surface area contributed by atoms with Crippen LogP contribution in [0.15, 0.2) is 18.2 Å². The summed E-state index contributed by atoms with van der Waals surface area (Å²) in [5, 5.41) is 11.1. The molecule has 2 aromatic rings. The first-order valence-corrected chi connectivity index (χ1v) is 8.33. The van der Waals surface area contributed by atoms with Crippen LogP contribution in [-0.2, 0) is 6.42 Å². The van der Waals surface area contributed by atoms with Crippen molar-refractivity contribution in [3.05, 3.63) is 29.5 Å². The Bertz CT molecular complexity index is 719. The fourth-order valence-corrected chi connectivity index (χ4v) is 5.58. The number of hydrogen-bond acceptors (Lipinski definition) is 2. The van der Waals surface area contributed by atoms with Gasteiger partial charge >= 0.3 is 0 Å². The van der Waals surface area contributed by atoms with Crippen LogP contribution in [0.5, 0.6) is 5.75 Å². The normalized spacial score (nSPS) is 34.3. The van der Waals surface area contributed by atoms with Gasteiger partial charge in [0.15, 0.2) is 0 Å². The summed E-state index contributed by atoms with van der Waals surface area (Å²) in [6, 6.07) is 6.52. The van der Waals surface area contributed by atoms with Gasteiger partial charge in [-0.2, -0.15) is 0 Å². The molecular weight excluding hydrogens is 260 g/mol. The van der Waals surface area contributed by atoms with Gasteiger partial charge in [0.25, 0.3) is 0 Å². The molecule has 0 amide bonds. The highest BCUT2D eigenvalue weighted by Crippen LogP contribution is 2.54. The highest BCUT2D eigenvalue weighted by molar-refractivity contribution is 5.86. The van der Waals surface area contributed by atoms with E-state index < -0.39 is 0 Å². The summed E-state index contributed by atoms with van der Waals surface area (Å²) in [5.41, 5.74) is 4.14. The van der Waals surface area contributed by atoms with Crippen molar-refractivity contribution < 1.29 is 5.11 Å². The van der Waals surface area contributed by atoms with Gasteiger partial charge in [-0.3, -0.25) is 4.90 Å². The van der Waals surface area contributed by atoms with Gasteiger partial charge in [0.1, 0.15) is 5.75 Å². The third kappa shape index (κ3) is 1.48. The Balaban J connectivity index is 1.70. The minimum Gasteiger partial charge on any atom is -0.508 e. The highest BCUT2D eigenvalue weighted by Gasteiger charge is 2.53. The van der Waals surface area contributed by atoms with Crippen LogP contribution in [-0.4, -0.2) is 34.1 Å². The van der Waals surface area contributed by atoms with Gasteiger partial charge in [-0.25, -0.2) is 0 Å². The third-order valence-electron chi connectivity index (χ3n) is 6.32. The van der Waals surface area contributed by atoms with Crippen LogP contribution in [0.4, 0.5) is 0 Å². The molecule has 3 heteroatoms. The average molecular weight is 282 g/mol. The number of nitrogens with one attached hydrogen (secondary N) is 1. The van der Waals surface area contributed by atoms with Gasteiger partial charge in [-0.15, -0.1) is 0 Å². The third-order valence-corrected chi connectivity index (χ3v) is 6.32. The minimum absolute atomic E-state index is 0.382. The Morgan fingerprint density at radius 2 is 2.29 bits per heavy atom. The van der Waals surface area contributed by atoms with Crippen molar-refractivity contribution >= 4 is 10.9 Å². The topological polar surface area (TPSA) is 39.3 Å². The standard InChI is InChI=1S/C18H22N2O/c1-2-12-10-7-15-17-13(5-6-20(9-10)18(12)15)14-8-11(21)3-4-16(14)19-17/h3-4,8,10,12,15,18-19,21H,2,5-7,9H2,1H3/t10-,12?,15+,18+/m1/s1. The quantitative estimate of drug-likeness (QED) is 0.843. The Hall–Kier alpha value is -1.48. The van der Waals surface area contributed by atoms with Crippen molar-refractivity contribution in [1.82, 2.24) is 9.88 Å². The predicted molar refractivity (Wildman–Crippen MR) is 83.7 cm³/mol. The molecule has 2 bridgehead atoms. The molecule has 2 aliphatic heterocycles. The predicted octanol–water partition coefficient (Wildman–Crippen LogP) is 3.24. The second-order valence-corrected chi connectivity index (χ2v) is 7.16. The summed E-state index contributed by atoms with van der Waals surface area (Å²) < 4.78 is 0. The SMILES string of the molecule is CCC1[C@@H]2C[C@H]3c4[nH]c5ccc(O)cc5c4CCN(C2)[C@@H]13. The molecule has 3 aliphatic rings.